The molecule has 1 fully saturated rings. The van der Waals surface area contributed by atoms with E-state index in [-0.39, 0.29) is 28.9 Å². The Morgan fingerprint density at radius 3 is 2.22 bits per heavy atom. The van der Waals surface area contributed by atoms with E-state index in [1.54, 1.807) is 29.2 Å². The Morgan fingerprint density at radius 1 is 0.848 bits per heavy atom. The van der Waals surface area contributed by atoms with Gasteiger partial charge in [-0.15, -0.1) is 0 Å². The number of aromatic amines is 1. The minimum atomic E-state index is -0.564. The van der Waals surface area contributed by atoms with Gasteiger partial charge in [0, 0.05) is 63.4 Å². The van der Waals surface area contributed by atoms with E-state index in [9.17, 15) is 18.8 Å². The summed E-state index contributed by atoms with van der Waals surface area (Å²) in [5.41, 5.74) is 5.95. The molecule has 2 heterocycles. The highest BCUT2D eigenvalue weighted by Gasteiger charge is 2.30. The zero-order valence-corrected chi connectivity index (χ0v) is 25.3. The molecule has 7 rings (SSSR count). The Bertz CT molecular complexity index is 1950. The number of benzene rings is 4. The van der Waals surface area contributed by atoms with Gasteiger partial charge in [0.15, 0.2) is 0 Å². The van der Waals surface area contributed by atoms with Crippen molar-refractivity contribution in [2.45, 2.75) is 18.8 Å². The molecule has 1 aromatic heterocycles. The van der Waals surface area contributed by atoms with Crippen LogP contribution in [0.1, 0.15) is 45.1 Å². The maximum atomic E-state index is 14.9. The summed E-state index contributed by atoms with van der Waals surface area (Å²) in [6.45, 7) is 3.41. The molecule has 0 bridgehead atoms. The van der Waals surface area contributed by atoms with Gasteiger partial charge in [-0.25, -0.2) is 9.49 Å². The first kappa shape index (κ1) is 29.6. The summed E-state index contributed by atoms with van der Waals surface area (Å²) >= 11 is 0. The van der Waals surface area contributed by atoms with E-state index in [2.05, 4.69) is 44.7 Å². The fraction of sp³-hybridized carbons (Fsp3) is 0.243. The van der Waals surface area contributed by atoms with Gasteiger partial charge in [0.1, 0.15) is 5.82 Å². The summed E-state index contributed by atoms with van der Waals surface area (Å²) in [5, 5.41) is 11.1. The molecule has 0 atom stereocenters. The predicted octanol–water partition coefficient (Wildman–Crippen LogP) is 4.73. The summed E-state index contributed by atoms with van der Waals surface area (Å²) in [6, 6.07) is 28.3. The van der Waals surface area contributed by atoms with E-state index in [1.165, 1.54) is 28.3 Å². The molecule has 0 saturated carbocycles. The van der Waals surface area contributed by atoms with E-state index in [0.717, 1.165) is 10.9 Å². The first-order valence-corrected chi connectivity index (χ1v) is 15.7. The first-order valence-electron chi connectivity index (χ1n) is 15.7. The first-order chi connectivity index (χ1) is 22.5. The fourth-order valence-electron chi connectivity index (χ4n) is 6.78. The number of nitrogens with zero attached hydrogens (tertiary/aromatic N) is 3. The van der Waals surface area contributed by atoms with Gasteiger partial charge in [-0.3, -0.25) is 19.3 Å². The summed E-state index contributed by atoms with van der Waals surface area (Å²) in [5.74, 6) is -0.840. The molecule has 5 aromatic rings. The Labute approximate surface area is 265 Å². The number of nitrogens with one attached hydrogen (secondary N) is 2. The summed E-state index contributed by atoms with van der Waals surface area (Å²) in [6.07, 6.45) is 0.743. The maximum absolute atomic E-state index is 14.9. The van der Waals surface area contributed by atoms with Gasteiger partial charge in [0.2, 0.25) is 5.91 Å². The smallest absolute Gasteiger partial charge is 0.272 e. The summed E-state index contributed by atoms with van der Waals surface area (Å²) < 4.78 is 14.9. The molecule has 0 unspecified atom stereocenters. The largest absolute Gasteiger partial charge is 0.355 e. The van der Waals surface area contributed by atoms with Crippen LogP contribution in [0, 0.1) is 5.82 Å². The SMILES string of the molecule is O=C(CC1c2ccccc2-c2ccccc21)NCCN1CCN(C(=O)c2cc(Cc3n[nH]c(=O)c4ccccc34)ccc2F)CC1. The average molecular weight is 616 g/mol. The summed E-state index contributed by atoms with van der Waals surface area (Å²) in [7, 11) is 0. The molecular formula is C37H34FN5O3. The lowest BCUT2D eigenvalue weighted by Gasteiger charge is -2.34. The van der Waals surface area contributed by atoms with Crippen LogP contribution in [0.2, 0.25) is 0 Å². The van der Waals surface area contributed by atoms with Crippen LogP contribution < -0.4 is 10.9 Å². The minimum Gasteiger partial charge on any atom is -0.355 e. The van der Waals surface area contributed by atoms with Gasteiger partial charge in [-0.2, -0.15) is 5.10 Å². The topological polar surface area (TPSA) is 98.4 Å². The summed E-state index contributed by atoms with van der Waals surface area (Å²) in [4.78, 5) is 42.4. The third-order valence-electron chi connectivity index (χ3n) is 9.17. The van der Waals surface area contributed by atoms with Crippen molar-refractivity contribution in [3.8, 4) is 11.1 Å². The van der Waals surface area contributed by atoms with Crippen molar-refractivity contribution in [1.82, 2.24) is 25.3 Å². The number of fused-ring (bicyclic) bond motifs is 4. The number of H-pyrrole nitrogens is 1. The number of aromatic nitrogens is 2. The van der Waals surface area contributed by atoms with E-state index in [0.29, 0.717) is 63.2 Å². The molecule has 0 spiro atoms. The van der Waals surface area contributed by atoms with Gasteiger partial charge in [-0.1, -0.05) is 72.8 Å². The fourth-order valence-corrected chi connectivity index (χ4v) is 6.78. The average Bonchev–Trinajstić information content (AvgIpc) is 3.40. The number of hydrogen-bond donors (Lipinski definition) is 2. The molecule has 2 amide bonds. The lowest BCUT2D eigenvalue weighted by Crippen LogP contribution is -2.50. The van der Waals surface area contributed by atoms with E-state index < -0.39 is 5.82 Å². The Morgan fingerprint density at radius 2 is 1.50 bits per heavy atom. The van der Waals surface area contributed by atoms with Gasteiger partial charge in [-0.05, 0) is 46.0 Å². The molecule has 1 saturated heterocycles. The normalized spacial score (nSPS) is 14.7. The van der Waals surface area contributed by atoms with Crippen molar-refractivity contribution in [3.63, 3.8) is 0 Å². The zero-order valence-electron chi connectivity index (χ0n) is 25.3. The van der Waals surface area contributed by atoms with Crippen LogP contribution in [-0.2, 0) is 11.2 Å². The molecule has 1 aliphatic heterocycles. The van der Waals surface area contributed by atoms with Crippen LogP contribution in [0.15, 0.2) is 95.8 Å². The van der Waals surface area contributed by atoms with E-state index >= 15 is 0 Å². The number of amides is 2. The van der Waals surface area contributed by atoms with Gasteiger partial charge < -0.3 is 10.2 Å². The second-order valence-electron chi connectivity index (χ2n) is 12.0. The van der Waals surface area contributed by atoms with Crippen LogP contribution in [0.3, 0.4) is 0 Å². The molecule has 4 aromatic carbocycles. The standard InChI is InChI=1S/C37H34FN5O3/c38-33-14-13-24(22-34-29-11-5-6-12-30(29)36(45)41-40-34)21-32(33)37(46)43-19-17-42(18-20-43)16-15-39-35(44)23-31-27-9-3-1-7-25(27)26-8-2-4-10-28(26)31/h1-14,21,31H,15-20,22-23H2,(H,39,44)(H,41,45). The Kier molecular flexibility index (Phi) is 8.15. The highest BCUT2D eigenvalue weighted by molar-refractivity contribution is 5.95. The molecule has 1 aliphatic carbocycles. The molecule has 8 nitrogen and oxygen atoms in total. The minimum absolute atomic E-state index is 0.0192. The molecule has 2 aliphatic rings. The second kappa shape index (κ2) is 12.7. The van der Waals surface area contributed by atoms with Crippen molar-refractivity contribution in [1.29, 1.82) is 0 Å². The second-order valence-corrected chi connectivity index (χ2v) is 12.0. The van der Waals surface area contributed by atoms with Crippen molar-refractivity contribution < 1.29 is 14.0 Å². The van der Waals surface area contributed by atoms with Crippen LogP contribution in [-0.4, -0.2) is 71.1 Å². The zero-order chi connectivity index (χ0) is 31.6. The van der Waals surface area contributed by atoms with Gasteiger partial charge >= 0.3 is 0 Å². The Hall–Kier alpha value is -5.15. The van der Waals surface area contributed by atoms with Crippen molar-refractivity contribution in [3.05, 3.63) is 135 Å². The van der Waals surface area contributed by atoms with Crippen LogP contribution in [0.4, 0.5) is 4.39 Å². The molecule has 232 valence electrons. The van der Waals surface area contributed by atoms with Crippen LogP contribution in [0.5, 0.6) is 0 Å². The highest BCUT2D eigenvalue weighted by Crippen LogP contribution is 2.45. The lowest BCUT2D eigenvalue weighted by molar-refractivity contribution is -0.121. The Balaban J connectivity index is 0.920. The monoisotopic (exact) mass is 615 g/mol. The van der Waals surface area contributed by atoms with Crippen LogP contribution >= 0.6 is 0 Å². The molecule has 9 heteroatoms. The molecular weight excluding hydrogens is 581 g/mol. The predicted molar refractivity (Wildman–Crippen MR) is 175 cm³/mol. The number of carbonyl (C=O) groups excluding carboxylic acids is 2. The number of halogens is 1. The van der Waals surface area contributed by atoms with Crippen molar-refractivity contribution >= 4 is 22.6 Å². The third kappa shape index (κ3) is 5.81. The molecule has 0 radical (unpaired) electrons. The number of carbonyl (C=O) groups is 2. The van der Waals surface area contributed by atoms with E-state index in [4.69, 9.17) is 0 Å². The number of rotatable bonds is 8. The highest BCUT2D eigenvalue weighted by atomic mass is 19.1. The number of piperazine rings is 1. The quantitative estimate of drug-likeness (QED) is 0.263. The third-order valence-corrected chi connectivity index (χ3v) is 9.17. The lowest BCUT2D eigenvalue weighted by atomic mass is 9.93. The molecule has 2 N–H and O–H groups in total. The molecule has 46 heavy (non-hydrogen) atoms. The van der Waals surface area contributed by atoms with Crippen molar-refractivity contribution in [2.24, 2.45) is 0 Å². The number of hydrogen-bond acceptors (Lipinski definition) is 5. The maximum Gasteiger partial charge on any atom is 0.272 e. The van der Waals surface area contributed by atoms with E-state index in [1.807, 2.05) is 36.4 Å². The van der Waals surface area contributed by atoms with Gasteiger partial charge in [0.25, 0.3) is 11.5 Å². The van der Waals surface area contributed by atoms with Crippen LogP contribution in [0.25, 0.3) is 21.9 Å². The van der Waals surface area contributed by atoms with Gasteiger partial charge in [0.05, 0.1) is 16.6 Å². The van der Waals surface area contributed by atoms with Crippen molar-refractivity contribution in [2.75, 3.05) is 39.3 Å².